The zero-order valence-electron chi connectivity index (χ0n) is 8.51. The third-order valence-corrected chi connectivity index (χ3v) is 3.18. The van der Waals surface area contributed by atoms with Crippen molar-refractivity contribution in [3.63, 3.8) is 0 Å². The zero-order valence-corrected chi connectivity index (χ0v) is 10.1. The molecular formula is C9H11ClN2O3S. The normalized spacial score (nSPS) is 12.6. The van der Waals surface area contributed by atoms with E-state index in [-0.39, 0.29) is 10.1 Å². The van der Waals surface area contributed by atoms with Gasteiger partial charge in [0.2, 0.25) is 0 Å². The van der Waals surface area contributed by atoms with Crippen LogP contribution in [0.2, 0.25) is 0 Å². The number of aryl methyl sites for hydroxylation is 1. The Morgan fingerprint density at radius 3 is 2.50 bits per heavy atom. The summed E-state index contributed by atoms with van der Waals surface area (Å²) in [6.45, 7) is 1.34. The SMILES string of the molecule is Cc1ccc(S(=O)(=O)NN=C(Cl)CO)cc1. The minimum Gasteiger partial charge on any atom is -0.389 e. The van der Waals surface area contributed by atoms with Crippen molar-refractivity contribution < 1.29 is 13.5 Å². The minimum atomic E-state index is -3.72. The fourth-order valence-corrected chi connectivity index (χ4v) is 1.84. The second-order valence-corrected chi connectivity index (χ2v) is 5.15. The highest BCUT2D eigenvalue weighted by Crippen LogP contribution is 2.09. The van der Waals surface area contributed by atoms with Gasteiger partial charge in [0, 0.05) is 0 Å². The van der Waals surface area contributed by atoms with Crippen LogP contribution in [0.1, 0.15) is 5.56 Å². The van der Waals surface area contributed by atoms with Crippen LogP contribution in [0.15, 0.2) is 34.3 Å². The van der Waals surface area contributed by atoms with Gasteiger partial charge in [-0.05, 0) is 19.1 Å². The Morgan fingerprint density at radius 1 is 1.44 bits per heavy atom. The Morgan fingerprint density at radius 2 is 2.00 bits per heavy atom. The van der Waals surface area contributed by atoms with Crippen LogP contribution < -0.4 is 4.83 Å². The van der Waals surface area contributed by atoms with Crippen molar-refractivity contribution in [1.82, 2.24) is 4.83 Å². The van der Waals surface area contributed by atoms with Crippen LogP contribution in [0.5, 0.6) is 0 Å². The molecule has 0 amide bonds. The predicted octanol–water partition coefficient (Wildman–Crippen LogP) is 0.818. The molecule has 0 aliphatic rings. The second kappa shape index (κ2) is 5.29. The number of hydrazone groups is 1. The molecule has 0 aromatic heterocycles. The summed E-state index contributed by atoms with van der Waals surface area (Å²) in [5, 5.41) is 11.6. The Kier molecular flexibility index (Phi) is 4.28. The maximum absolute atomic E-state index is 11.6. The van der Waals surface area contributed by atoms with E-state index in [0.29, 0.717) is 0 Å². The molecule has 0 saturated heterocycles. The second-order valence-electron chi connectivity index (χ2n) is 3.05. The van der Waals surface area contributed by atoms with E-state index in [1.807, 2.05) is 11.8 Å². The fourth-order valence-electron chi connectivity index (χ4n) is 0.915. The number of nitrogens with zero attached hydrogens (tertiary/aromatic N) is 1. The molecule has 0 unspecified atom stereocenters. The van der Waals surface area contributed by atoms with E-state index >= 15 is 0 Å². The lowest BCUT2D eigenvalue weighted by molar-refractivity contribution is 0.359. The van der Waals surface area contributed by atoms with Gasteiger partial charge in [0.1, 0.15) is 0 Å². The summed E-state index contributed by atoms with van der Waals surface area (Å²) in [6, 6.07) is 6.26. The largest absolute Gasteiger partial charge is 0.389 e. The van der Waals surface area contributed by atoms with Crippen LogP contribution in [-0.4, -0.2) is 25.3 Å². The number of benzene rings is 1. The lowest BCUT2D eigenvalue weighted by Crippen LogP contribution is -2.19. The quantitative estimate of drug-likeness (QED) is 0.623. The van der Waals surface area contributed by atoms with Gasteiger partial charge in [0.15, 0.2) is 5.17 Å². The molecular weight excluding hydrogens is 252 g/mol. The molecule has 7 heteroatoms. The summed E-state index contributed by atoms with van der Waals surface area (Å²) < 4.78 is 23.2. The minimum absolute atomic E-state index is 0.0873. The molecule has 0 aliphatic carbocycles. The Labute approximate surface area is 98.8 Å². The Hall–Kier alpha value is -1.11. The molecule has 0 radical (unpaired) electrons. The van der Waals surface area contributed by atoms with Crippen molar-refractivity contribution in [2.45, 2.75) is 11.8 Å². The molecule has 0 fully saturated rings. The Bertz CT molecular complexity index is 482. The molecule has 1 aromatic carbocycles. The molecule has 88 valence electrons. The molecule has 0 atom stereocenters. The molecule has 0 saturated carbocycles. The van der Waals surface area contributed by atoms with Crippen molar-refractivity contribution in [1.29, 1.82) is 0 Å². The third-order valence-electron chi connectivity index (χ3n) is 1.75. The van der Waals surface area contributed by atoms with Gasteiger partial charge in [-0.1, -0.05) is 29.3 Å². The number of nitrogens with one attached hydrogen (secondary N) is 1. The van der Waals surface area contributed by atoms with Gasteiger partial charge in [-0.2, -0.15) is 18.4 Å². The van der Waals surface area contributed by atoms with Gasteiger partial charge in [-0.15, -0.1) is 0 Å². The Balaban J connectivity index is 2.91. The van der Waals surface area contributed by atoms with Gasteiger partial charge in [-0.25, -0.2) is 0 Å². The summed E-state index contributed by atoms with van der Waals surface area (Å²) >= 11 is 5.36. The monoisotopic (exact) mass is 262 g/mol. The molecule has 0 heterocycles. The van der Waals surface area contributed by atoms with E-state index < -0.39 is 16.6 Å². The number of sulfonamides is 1. The van der Waals surface area contributed by atoms with Gasteiger partial charge in [0.25, 0.3) is 10.0 Å². The first-order chi connectivity index (χ1) is 7.45. The summed E-state index contributed by atoms with van der Waals surface area (Å²) in [6.07, 6.45) is 0. The van der Waals surface area contributed by atoms with Crippen molar-refractivity contribution in [2.75, 3.05) is 6.61 Å². The number of aliphatic hydroxyl groups is 1. The average Bonchev–Trinajstić information content (AvgIpc) is 2.26. The van der Waals surface area contributed by atoms with Crippen LogP contribution in [0, 0.1) is 6.92 Å². The van der Waals surface area contributed by atoms with Crippen LogP contribution in [0.3, 0.4) is 0 Å². The smallest absolute Gasteiger partial charge is 0.276 e. The lowest BCUT2D eigenvalue weighted by atomic mass is 10.2. The number of halogens is 1. The number of rotatable bonds is 4. The average molecular weight is 263 g/mol. The highest BCUT2D eigenvalue weighted by molar-refractivity contribution is 7.89. The fraction of sp³-hybridized carbons (Fsp3) is 0.222. The molecule has 0 bridgehead atoms. The first-order valence-electron chi connectivity index (χ1n) is 4.37. The number of hydrogen-bond acceptors (Lipinski definition) is 4. The van der Waals surface area contributed by atoms with E-state index in [2.05, 4.69) is 5.10 Å². The standard InChI is InChI=1S/C9H11ClN2O3S/c1-7-2-4-8(5-3-7)16(14,15)12-11-9(10)6-13/h2-5,12-13H,6H2,1H3. The van der Waals surface area contributed by atoms with E-state index in [4.69, 9.17) is 16.7 Å². The van der Waals surface area contributed by atoms with Crippen LogP contribution in [0.4, 0.5) is 0 Å². The van der Waals surface area contributed by atoms with Crippen molar-refractivity contribution >= 4 is 26.8 Å². The molecule has 1 aromatic rings. The van der Waals surface area contributed by atoms with E-state index in [1.54, 1.807) is 12.1 Å². The van der Waals surface area contributed by atoms with E-state index in [0.717, 1.165) is 5.56 Å². The molecule has 1 rings (SSSR count). The molecule has 0 aliphatic heterocycles. The number of aliphatic hydroxyl groups excluding tert-OH is 1. The van der Waals surface area contributed by atoms with Gasteiger partial charge >= 0.3 is 0 Å². The molecule has 16 heavy (non-hydrogen) atoms. The third kappa shape index (κ3) is 3.48. The summed E-state index contributed by atoms with van der Waals surface area (Å²) in [4.78, 5) is 2.00. The van der Waals surface area contributed by atoms with Crippen molar-refractivity contribution in [3.05, 3.63) is 29.8 Å². The highest BCUT2D eigenvalue weighted by Gasteiger charge is 2.12. The summed E-state index contributed by atoms with van der Waals surface area (Å²) in [5.74, 6) is 0. The highest BCUT2D eigenvalue weighted by atomic mass is 35.5. The van der Waals surface area contributed by atoms with Gasteiger partial charge < -0.3 is 5.11 Å². The topological polar surface area (TPSA) is 78.8 Å². The zero-order chi connectivity index (χ0) is 12.2. The molecule has 0 spiro atoms. The summed E-state index contributed by atoms with van der Waals surface area (Å²) in [7, 11) is -3.72. The molecule has 2 N–H and O–H groups in total. The maximum Gasteiger partial charge on any atom is 0.276 e. The number of hydrogen-bond donors (Lipinski definition) is 2. The maximum atomic E-state index is 11.6. The lowest BCUT2D eigenvalue weighted by Gasteiger charge is -2.03. The van der Waals surface area contributed by atoms with Gasteiger partial charge in [-0.3, -0.25) is 0 Å². The van der Waals surface area contributed by atoms with Gasteiger partial charge in [0.05, 0.1) is 11.5 Å². The predicted molar refractivity (Wildman–Crippen MR) is 61.9 cm³/mol. The van der Waals surface area contributed by atoms with Crippen LogP contribution in [0.25, 0.3) is 0 Å². The molecule has 5 nitrogen and oxygen atoms in total. The van der Waals surface area contributed by atoms with E-state index in [1.165, 1.54) is 12.1 Å². The van der Waals surface area contributed by atoms with E-state index in [9.17, 15) is 8.42 Å². The summed E-state index contributed by atoms with van der Waals surface area (Å²) in [5.41, 5.74) is 0.954. The van der Waals surface area contributed by atoms with Crippen molar-refractivity contribution in [2.24, 2.45) is 5.10 Å². The van der Waals surface area contributed by atoms with Crippen LogP contribution in [-0.2, 0) is 10.0 Å². The first-order valence-corrected chi connectivity index (χ1v) is 6.23. The first kappa shape index (κ1) is 13.0. The van der Waals surface area contributed by atoms with Crippen LogP contribution >= 0.6 is 11.6 Å². The van der Waals surface area contributed by atoms with Crippen molar-refractivity contribution in [3.8, 4) is 0 Å².